The summed E-state index contributed by atoms with van der Waals surface area (Å²) < 4.78 is 16.2. The van der Waals surface area contributed by atoms with Crippen LogP contribution in [0.3, 0.4) is 0 Å². The van der Waals surface area contributed by atoms with E-state index in [1.54, 1.807) is 0 Å². The van der Waals surface area contributed by atoms with Gasteiger partial charge in [-0.2, -0.15) is 0 Å². The molecule has 3 saturated heterocycles. The Morgan fingerprint density at radius 3 is 1.67 bits per heavy atom. The highest BCUT2D eigenvalue weighted by molar-refractivity contribution is 5.43. The second kappa shape index (κ2) is 2.82. The zero-order valence-electron chi connectivity index (χ0n) is 8.31. The molecule has 4 rings (SSSR count). The summed E-state index contributed by atoms with van der Waals surface area (Å²) in [6.45, 7) is 2.56. The van der Waals surface area contributed by atoms with E-state index in [1.165, 1.54) is 16.7 Å². The van der Waals surface area contributed by atoms with Gasteiger partial charge in [-0.05, 0) is 16.7 Å². The average molecular weight is 204 g/mol. The monoisotopic (exact) mass is 204 g/mol. The summed E-state index contributed by atoms with van der Waals surface area (Å²) in [5.74, 6) is 0. The lowest BCUT2D eigenvalue weighted by atomic mass is 9.95. The number of epoxide rings is 3. The van der Waals surface area contributed by atoms with Crippen molar-refractivity contribution in [3.63, 3.8) is 0 Å². The van der Waals surface area contributed by atoms with Crippen molar-refractivity contribution in [3.8, 4) is 0 Å². The summed E-state index contributed by atoms with van der Waals surface area (Å²) in [5.41, 5.74) is 3.96. The predicted molar refractivity (Wildman–Crippen MR) is 52.5 cm³/mol. The SMILES string of the molecule is c1cc(C2CO2)c(C2CO2)c(C2CO2)c1. The van der Waals surface area contributed by atoms with Crippen LogP contribution >= 0.6 is 0 Å². The Morgan fingerprint density at radius 2 is 1.27 bits per heavy atom. The average Bonchev–Trinajstić information content (AvgIpc) is 3.19. The molecule has 0 aromatic heterocycles. The number of benzene rings is 1. The molecule has 1 aromatic carbocycles. The topological polar surface area (TPSA) is 37.6 Å². The maximum absolute atomic E-state index is 5.42. The smallest absolute Gasteiger partial charge is 0.107 e. The van der Waals surface area contributed by atoms with Crippen LogP contribution in [-0.4, -0.2) is 19.8 Å². The molecular formula is C12H12O3. The first-order valence-electron chi connectivity index (χ1n) is 5.41. The van der Waals surface area contributed by atoms with Gasteiger partial charge in [0.1, 0.15) is 18.3 Å². The zero-order valence-corrected chi connectivity index (χ0v) is 8.31. The normalized spacial score (nSPS) is 36.4. The third kappa shape index (κ3) is 1.39. The summed E-state index contributed by atoms with van der Waals surface area (Å²) in [6, 6.07) is 6.40. The van der Waals surface area contributed by atoms with Crippen LogP contribution in [0.25, 0.3) is 0 Å². The standard InChI is InChI=1S/C12H12O3/c1-2-7(9-4-13-9)12(11-6-15-11)8(3-1)10-5-14-10/h1-3,9-11H,4-6H2. The fourth-order valence-electron chi connectivity index (χ4n) is 2.21. The van der Waals surface area contributed by atoms with E-state index in [2.05, 4.69) is 18.2 Å². The highest BCUT2D eigenvalue weighted by Crippen LogP contribution is 2.46. The molecule has 3 heteroatoms. The number of hydrogen-bond donors (Lipinski definition) is 0. The van der Waals surface area contributed by atoms with Crippen molar-refractivity contribution in [1.82, 2.24) is 0 Å². The first kappa shape index (κ1) is 8.28. The van der Waals surface area contributed by atoms with Crippen molar-refractivity contribution in [1.29, 1.82) is 0 Å². The quantitative estimate of drug-likeness (QED) is 0.706. The first-order chi connectivity index (χ1) is 7.43. The maximum atomic E-state index is 5.42. The lowest BCUT2D eigenvalue weighted by Crippen LogP contribution is -1.98. The lowest BCUT2D eigenvalue weighted by Gasteiger charge is -2.09. The summed E-state index contributed by atoms with van der Waals surface area (Å²) in [6.07, 6.45) is 0.912. The van der Waals surface area contributed by atoms with Gasteiger partial charge in [-0.3, -0.25) is 0 Å². The molecule has 0 aliphatic carbocycles. The molecule has 78 valence electrons. The van der Waals surface area contributed by atoms with Gasteiger partial charge < -0.3 is 14.2 Å². The van der Waals surface area contributed by atoms with E-state index in [0.717, 1.165) is 19.8 Å². The molecule has 0 bridgehead atoms. The molecule has 15 heavy (non-hydrogen) atoms. The molecule has 0 amide bonds. The van der Waals surface area contributed by atoms with Crippen LogP contribution in [0.15, 0.2) is 18.2 Å². The van der Waals surface area contributed by atoms with Crippen LogP contribution < -0.4 is 0 Å². The third-order valence-corrected chi connectivity index (χ3v) is 3.19. The Hall–Kier alpha value is -0.900. The summed E-state index contributed by atoms with van der Waals surface area (Å²) in [5, 5.41) is 0. The van der Waals surface area contributed by atoms with E-state index < -0.39 is 0 Å². The van der Waals surface area contributed by atoms with Gasteiger partial charge in [0.25, 0.3) is 0 Å². The Labute approximate surface area is 87.9 Å². The predicted octanol–water partition coefficient (Wildman–Crippen LogP) is 1.90. The molecule has 3 fully saturated rings. The van der Waals surface area contributed by atoms with Gasteiger partial charge in [-0.15, -0.1) is 0 Å². The molecule has 0 N–H and O–H groups in total. The Morgan fingerprint density at radius 1 is 0.800 bits per heavy atom. The maximum Gasteiger partial charge on any atom is 0.107 e. The minimum Gasteiger partial charge on any atom is -0.368 e. The molecule has 3 nitrogen and oxygen atoms in total. The molecule has 3 unspecified atom stereocenters. The molecule has 0 spiro atoms. The van der Waals surface area contributed by atoms with E-state index in [-0.39, 0.29) is 0 Å². The Bertz CT molecular complexity index is 373. The van der Waals surface area contributed by atoms with Crippen LogP contribution in [-0.2, 0) is 14.2 Å². The van der Waals surface area contributed by atoms with Gasteiger partial charge in [0.05, 0.1) is 19.8 Å². The highest BCUT2D eigenvalue weighted by atomic mass is 16.6. The van der Waals surface area contributed by atoms with E-state index in [4.69, 9.17) is 14.2 Å². The van der Waals surface area contributed by atoms with Gasteiger partial charge in [0.2, 0.25) is 0 Å². The van der Waals surface area contributed by atoms with Gasteiger partial charge in [-0.1, -0.05) is 18.2 Å². The van der Waals surface area contributed by atoms with Crippen molar-refractivity contribution >= 4 is 0 Å². The lowest BCUT2D eigenvalue weighted by molar-refractivity contribution is 0.390. The second-order valence-electron chi connectivity index (χ2n) is 4.32. The number of ether oxygens (including phenoxy) is 3. The third-order valence-electron chi connectivity index (χ3n) is 3.19. The molecule has 0 saturated carbocycles. The van der Waals surface area contributed by atoms with Crippen molar-refractivity contribution in [3.05, 3.63) is 34.9 Å². The van der Waals surface area contributed by atoms with Crippen LogP contribution in [0, 0.1) is 0 Å². The van der Waals surface area contributed by atoms with Gasteiger partial charge in [0.15, 0.2) is 0 Å². The van der Waals surface area contributed by atoms with Crippen LogP contribution in [0.4, 0.5) is 0 Å². The van der Waals surface area contributed by atoms with E-state index in [1.807, 2.05) is 0 Å². The van der Waals surface area contributed by atoms with Gasteiger partial charge >= 0.3 is 0 Å². The van der Waals surface area contributed by atoms with Crippen molar-refractivity contribution in [2.75, 3.05) is 19.8 Å². The van der Waals surface area contributed by atoms with E-state index in [0.29, 0.717) is 18.3 Å². The van der Waals surface area contributed by atoms with Crippen molar-refractivity contribution in [2.24, 2.45) is 0 Å². The van der Waals surface area contributed by atoms with Gasteiger partial charge in [-0.25, -0.2) is 0 Å². The summed E-state index contributed by atoms with van der Waals surface area (Å²) in [4.78, 5) is 0. The molecule has 3 heterocycles. The highest BCUT2D eigenvalue weighted by Gasteiger charge is 2.39. The minimum atomic E-state index is 0.296. The minimum absolute atomic E-state index is 0.296. The number of hydrogen-bond acceptors (Lipinski definition) is 3. The molecule has 3 aliphatic heterocycles. The van der Waals surface area contributed by atoms with Crippen LogP contribution in [0.2, 0.25) is 0 Å². The summed E-state index contributed by atoms with van der Waals surface area (Å²) in [7, 11) is 0. The molecule has 3 aliphatic rings. The molecule has 3 atom stereocenters. The van der Waals surface area contributed by atoms with E-state index in [9.17, 15) is 0 Å². The Balaban J connectivity index is 1.84. The summed E-state index contributed by atoms with van der Waals surface area (Å²) >= 11 is 0. The number of rotatable bonds is 3. The molecular weight excluding hydrogens is 192 g/mol. The Kier molecular flexibility index (Phi) is 1.55. The fraction of sp³-hybridized carbons (Fsp3) is 0.500. The van der Waals surface area contributed by atoms with E-state index >= 15 is 0 Å². The van der Waals surface area contributed by atoms with Crippen molar-refractivity contribution < 1.29 is 14.2 Å². The van der Waals surface area contributed by atoms with Crippen molar-refractivity contribution in [2.45, 2.75) is 18.3 Å². The molecule has 0 radical (unpaired) electrons. The zero-order chi connectivity index (χ0) is 9.83. The second-order valence-corrected chi connectivity index (χ2v) is 4.32. The first-order valence-corrected chi connectivity index (χ1v) is 5.41. The van der Waals surface area contributed by atoms with Crippen LogP contribution in [0.5, 0.6) is 0 Å². The molecule has 1 aromatic rings. The largest absolute Gasteiger partial charge is 0.368 e. The fourth-order valence-corrected chi connectivity index (χ4v) is 2.21. The van der Waals surface area contributed by atoms with Gasteiger partial charge in [0, 0.05) is 0 Å². The van der Waals surface area contributed by atoms with Crippen LogP contribution in [0.1, 0.15) is 35.0 Å².